The van der Waals surface area contributed by atoms with E-state index in [2.05, 4.69) is 30.6 Å². The highest BCUT2D eigenvalue weighted by molar-refractivity contribution is 4.88. The highest BCUT2D eigenvalue weighted by Gasteiger charge is 2.27. The Morgan fingerprint density at radius 1 is 1.47 bits per heavy atom. The van der Waals surface area contributed by atoms with Crippen LogP contribution in [-0.4, -0.2) is 37.1 Å². The lowest BCUT2D eigenvalue weighted by Gasteiger charge is -2.20. The zero-order chi connectivity index (χ0) is 11.1. The van der Waals surface area contributed by atoms with Crippen LogP contribution in [0.4, 0.5) is 0 Å². The van der Waals surface area contributed by atoms with E-state index in [4.69, 9.17) is 0 Å². The Morgan fingerprint density at radius 2 is 2.20 bits per heavy atom. The highest BCUT2D eigenvalue weighted by Crippen LogP contribution is 2.26. The van der Waals surface area contributed by atoms with Crippen LogP contribution >= 0.6 is 0 Å². The molecule has 0 bridgehead atoms. The van der Waals surface area contributed by atoms with Gasteiger partial charge in [-0.2, -0.15) is 0 Å². The second kappa shape index (κ2) is 7.02. The summed E-state index contributed by atoms with van der Waals surface area (Å²) in [5, 5.41) is 3.49. The van der Waals surface area contributed by atoms with Gasteiger partial charge in [-0.1, -0.05) is 19.9 Å². The number of nitrogens with zero attached hydrogens (tertiary/aromatic N) is 1. The first kappa shape index (κ1) is 12.7. The number of nitrogens with one attached hydrogen (secondary N) is 1. The monoisotopic (exact) mass is 210 g/mol. The molecule has 0 aromatic carbocycles. The van der Waals surface area contributed by atoms with Crippen molar-refractivity contribution in [1.29, 1.82) is 0 Å². The Kier molecular flexibility index (Phi) is 5.96. The smallest absolute Gasteiger partial charge is 0.0163 e. The molecule has 0 heterocycles. The van der Waals surface area contributed by atoms with E-state index in [0.29, 0.717) is 0 Å². The van der Waals surface area contributed by atoms with Crippen LogP contribution in [0.3, 0.4) is 0 Å². The molecule has 1 N–H and O–H groups in total. The first-order chi connectivity index (χ1) is 7.24. The van der Waals surface area contributed by atoms with E-state index in [1.807, 2.05) is 6.08 Å². The van der Waals surface area contributed by atoms with Crippen molar-refractivity contribution in [3.05, 3.63) is 12.7 Å². The molecule has 0 saturated heterocycles. The fourth-order valence-corrected chi connectivity index (χ4v) is 1.83. The summed E-state index contributed by atoms with van der Waals surface area (Å²) >= 11 is 0. The maximum atomic E-state index is 3.82. The predicted octanol–water partition coefficient (Wildman–Crippen LogP) is 2.27. The largest absolute Gasteiger partial charge is 0.316 e. The van der Waals surface area contributed by atoms with Crippen molar-refractivity contribution in [2.75, 3.05) is 26.2 Å². The van der Waals surface area contributed by atoms with Crippen LogP contribution in [0.25, 0.3) is 0 Å². The minimum atomic E-state index is 0.762. The summed E-state index contributed by atoms with van der Waals surface area (Å²) in [7, 11) is 0. The lowest BCUT2D eigenvalue weighted by molar-refractivity contribution is 0.286. The van der Waals surface area contributed by atoms with Gasteiger partial charge in [0.25, 0.3) is 0 Å². The average Bonchev–Trinajstić information content (AvgIpc) is 2.98. The van der Waals surface area contributed by atoms with Gasteiger partial charge in [-0.05, 0) is 44.8 Å². The van der Waals surface area contributed by atoms with E-state index in [1.165, 1.54) is 25.8 Å². The third-order valence-electron chi connectivity index (χ3n) is 2.78. The van der Waals surface area contributed by atoms with E-state index in [9.17, 15) is 0 Å². The summed E-state index contributed by atoms with van der Waals surface area (Å²) in [5.74, 6) is 0.762. The van der Waals surface area contributed by atoms with Crippen molar-refractivity contribution < 1.29 is 0 Å². The van der Waals surface area contributed by atoms with Crippen LogP contribution in [0.5, 0.6) is 0 Å². The van der Waals surface area contributed by atoms with Gasteiger partial charge in [0.1, 0.15) is 0 Å². The van der Waals surface area contributed by atoms with Crippen LogP contribution in [0.15, 0.2) is 12.7 Å². The van der Waals surface area contributed by atoms with Crippen molar-refractivity contribution in [3.63, 3.8) is 0 Å². The molecule has 0 aromatic rings. The fraction of sp³-hybridized carbons (Fsp3) is 0.846. The predicted molar refractivity (Wildman–Crippen MR) is 67.1 cm³/mol. The van der Waals surface area contributed by atoms with Crippen LogP contribution in [-0.2, 0) is 0 Å². The third kappa shape index (κ3) is 5.95. The van der Waals surface area contributed by atoms with Gasteiger partial charge in [-0.25, -0.2) is 0 Å². The lowest BCUT2D eigenvalue weighted by Crippen LogP contribution is -2.30. The molecule has 0 amide bonds. The third-order valence-corrected chi connectivity index (χ3v) is 2.78. The highest BCUT2D eigenvalue weighted by atomic mass is 15.2. The summed E-state index contributed by atoms with van der Waals surface area (Å²) in [6, 6.07) is 0.869. The molecular weight excluding hydrogens is 184 g/mol. The molecule has 0 radical (unpaired) electrons. The van der Waals surface area contributed by atoms with E-state index >= 15 is 0 Å². The van der Waals surface area contributed by atoms with Crippen molar-refractivity contribution in [3.8, 4) is 0 Å². The Labute approximate surface area is 94.7 Å². The molecule has 15 heavy (non-hydrogen) atoms. The van der Waals surface area contributed by atoms with Gasteiger partial charge in [0.2, 0.25) is 0 Å². The first-order valence-corrected chi connectivity index (χ1v) is 6.29. The van der Waals surface area contributed by atoms with Gasteiger partial charge in [-0.15, -0.1) is 6.58 Å². The average molecular weight is 210 g/mol. The molecule has 1 fully saturated rings. The normalized spacial score (nSPS) is 16.3. The van der Waals surface area contributed by atoms with E-state index in [-0.39, 0.29) is 0 Å². The van der Waals surface area contributed by atoms with E-state index < -0.39 is 0 Å². The lowest BCUT2D eigenvalue weighted by atomic mass is 10.2. The molecule has 0 aliphatic heterocycles. The molecule has 1 saturated carbocycles. The quantitative estimate of drug-likeness (QED) is 0.464. The second-order valence-corrected chi connectivity index (χ2v) is 4.97. The summed E-state index contributed by atoms with van der Waals surface area (Å²) in [6.07, 6.45) is 6.08. The molecule has 88 valence electrons. The molecule has 2 nitrogen and oxygen atoms in total. The first-order valence-electron chi connectivity index (χ1n) is 6.29. The maximum absolute atomic E-state index is 3.82. The van der Waals surface area contributed by atoms with Gasteiger partial charge in [0.05, 0.1) is 0 Å². The van der Waals surface area contributed by atoms with Crippen LogP contribution < -0.4 is 5.32 Å². The summed E-state index contributed by atoms with van der Waals surface area (Å²) in [4.78, 5) is 2.56. The topological polar surface area (TPSA) is 15.3 Å². The van der Waals surface area contributed by atoms with Crippen molar-refractivity contribution in [1.82, 2.24) is 10.2 Å². The Morgan fingerprint density at radius 3 is 2.73 bits per heavy atom. The molecule has 1 aliphatic rings. The molecule has 0 aromatic heterocycles. The summed E-state index contributed by atoms with van der Waals surface area (Å²) < 4.78 is 0. The van der Waals surface area contributed by atoms with Crippen LogP contribution in [0, 0.1) is 5.92 Å². The fourth-order valence-electron chi connectivity index (χ4n) is 1.83. The minimum absolute atomic E-state index is 0.762. The Bertz CT molecular complexity index is 173. The number of rotatable bonds is 9. The van der Waals surface area contributed by atoms with Gasteiger partial charge in [0.15, 0.2) is 0 Å². The Hall–Kier alpha value is -0.340. The number of hydrogen-bond acceptors (Lipinski definition) is 2. The zero-order valence-corrected chi connectivity index (χ0v) is 10.3. The summed E-state index contributed by atoms with van der Waals surface area (Å²) in [5.41, 5.74) is 0. The summed E-state index contributed by atoms with van der Waals surface area (Å²) in [6.45, 7) is 12.9. The Balaban J connectivity index is 1.98. The van der Waals surface area contributed by atoms with Gasteiger partial charge < -0.3 is 5.32 Å². The van der Waals surface area contributed by atoms with Gasteiger partial charge in [-0.3, -0.25) is 4.90 Å². The van der Waals surface area contributed by atoms with Crippen molar-refractivity contribution in [2.24, 2.45) is 5.92 Å². The molecule has 0 atom stereocenters. The molecular formula is C13H26N2. The standard InChI is InChI=1S/C13H26N2/c1-4-9-15(13-6-7-13)10-5-8-14-11-12(2)3/h4,12-14H,1,5-11H2,2-3H3. The maximum Gasteiger partial charge on any atom is 0.0163 e. The molecule has 0 spiro atoms. The van der Waals surface area contributed by atoms with Gasteiger partial charge in [0, 0.05) is 12.6 Å². The van der Waals surface area contributed by atoms with Gasteiger partial charge >= 0.3 is 0 Å². The van der Waals surface area contributed by atoms with Crippen LogP contribution in [0.1, 0.15) is 33.1 Å². The SMILES string of the molecule is C=CCN(CCCNCC(C)C)C1CC1. The molecule has 1 rings (SSSR count). The minimum Gasteiger partial charge on any atom is -0.316 e. The zero-order valence-electron chi connectivity index (χ0n) is 10.3. The number of hydrogen-bond donors (Lipinski definition) is 1. The molecule has 2 heteroatoms. The molecule has 0 unspecified atom stereocenters. The van der Waals surface area contributed by atoms with Crippen LogP contribution in [0.2, 0.25) is 0 Å². The second-order valence-electron chi connectivity index (χ2n) is 4.97. The van der Waals surface area contributed by atoms with Crippen molar-refractivity contribution in [2.45, 2.75) is 39.2 Å². The van der Waals surface area contributed by atoms with Crippen molar-refractivity contribution >= 4 is 0 Å². The van der Waals surface area contributed by atoms with E-state index in [1.54, 1.807) is 0 Å². The van der Waals surface area contributed by atoms with E-state index in [0.717, 1.165) is 31.6 Å². The molecule has 1 aliphatic carbocycles.